The molecule has 2 N–H and O–H groups in total. The molecule has 0 aromatic heterocycles. The molecule has 0 aliphatic rings. The molecule has 1 nitrogen and oxygen atoms in total. The summed E-state index contributed by atoms with van der Waals surface area (Å²) < 4.78 is 0. The first-order chi connectivity index (χ1) is 8.38. The van der Waals surface area contributed by atoms with Gasteiger partial charge in [0.1, 0.15) is 0 Å². The average molecular weight is 277 g/mol. The second kappa shape index (κ2) is 7.54. The first-order valence-corrected chi connectivity index (χ1v) is 5.61. The third-order valence-corrected chi connectivity index (χ3v) is 2.49. The van der Waals surface area contributed by atoms with Crippen molar-refractivity contribution >= 4 is 5.69 Å². The first kappa shape index (κ1) is 14.3. The van der Waals surface area contributed by atoms with E-state index in [0.29, 0.717) is 0 Å². The summed E-state index contributed by atoms with van der Waals surface area (Å²) in [4.78, 5) is 0. The van der Waals surface area contributed by atoms with Crippen molar-refractivity contribution in [3.8, 4) is 11.1 Å². The molecule has 0 atom stereocenters. The number of hydrogen-bond donors (Lipinski definition) is 1. The Hall–Kier alpha value is -1.76. The third kappa shape index (κ3) is 3.92. The Kier molecular flexibility index (Phi) is 5.99. The normalized spacial score (nSPS) is 8.89. The largest absolute Gasteiger partial charge is 2.00 e. The minimum atomic E-state index is 0. The molecule has 0 heterocycles. The molecule has 0 saturated heterocycles. The molecule has 0 saturated carbocycles. The van der Waals surface area contributed by atoms with Gasteiger partial charge in [-0.1, -0.05) is 23.8 Å². The number of nitrogens with two attached hydrogens (primary N) is 1. The second-order valence-corrected chi connectivity index (χ2v) is 3.72. The van der Waals surface area contributed by atoms with Gasteiger partial charge in [0.25, 0.3) is 0 Å². The van der Waals surface area contributed by atoms with Crippen LogP contribution in [0.2, 0.25) is 0 Å². The fourth-order valence-electron chi connectivity index (χ4n) is 1.64. The third-order valence-electron chi connectivity index (χ3n) is 2.49. The Bertz CT molecular complexity index is 506. The van der Waals surface area contributed by atoms with Crippen LogP contribution in [0.4, 0.5) is 5.69 Å². The van der Waals surface area contributed by atoms with Gasteiger partial charge in [-0.25, -0.2) is 12.1 Å². The molecule has 0 bridgehead atoms. The molecule has 0 radical (unpaired) electrons. The van der Waals surface area contributed by atoms with Gasteiger partial charge >= 0.3 is 17.1 Å². The number of nitrogen functional groups attached to an aromatic ring is 1. The van der Waals surface area contributed by atoms with E-state index in [2.05, 4.69) is 12.1 Å². The molecule has 0 fully saturated rings. The molecule has 0 aliphatic heterocycles. The molecular formula is C16H15FeN. The topological polar surface area (TPSA) is 26.0 Å². The maximum Gasteiger partial charge on any atom is 2.00 e. The Morgan fingerprint density at radius 2 is 1.50 bits per heavy atom. The van der Waals surface area contributed by atoms with Gasteiger partial charge < -0.3 is 5.73 Å². The van der Waals surface area contributed by atoms with Crippen molar-refractivity contribution in [2.24, 2.45) is 0 Å². The average Bonchev–Trinajstić information content (AvgIpc) is 3.03. The van der Waals surface area contributed by atoms with E-state index in [-0.39, 0.29) is 17.1 Å². The number of anilines is 1. The molecule has 2 heteroatoms. The quantitative estimate of drug-likeness (QED) is 0.527. The van der Waals surface area contributed by atoms with E-state index in [1.54, 1.807) is 0 Å². The summed E-state index contributed by atoms with van der Waals surface area (Å²) in [6.07, 6.45) is 0. The molecular weight excluding hydrogens is 262 g/mol. The van der Waals surface area contributed by atoms with Crippen LogP contribution in [0.15, 0.2) is 78.9 Å². The van der Waals surface area contributed by atoms with E-state index in [0.717, 1.165) is 11.3 Å². The summed E-state index contributed by atoms with van der Waals surface area (Å²) in [6, 6.07) is 26.1. The van der Waals surface area contributed by atoms with Crippen LogP contribution in [-0.2, 0) is 17.1 Å². The molecule has 0 unspecified atom stereocenters. The zero-order chi connectivity index (χ0) is 11.9. The molecule has 18 heavy (non-hydrogen) atoms. The SMILES string of the molecule is Nc1ccc[c-]1-c1ccccc1.[Fe+2].c1cc[cH-]c1. The van der Waals surface area contributed by atoms with Crippen LogP contribution in [0, 0.1) is 0 Å². The Labute approximate surface area is 118 Å². The van der Waals surface area contributed by atoms with E-state index >= 15 is 0 Å². The summed E-state index contributed by atoms with van der Waals surface area (Å²) in [5, 5.41) is 0. The maximum atomic E-state index is 5.77. The number of hydrogen-bond acceptors (Lipinski definition) is 1. The van der Waals surface area contributed by atoms with E-state index in [4.69, 9.17) is 5.73 Å². The first-order valence-electron chi connectivity index (χ1n) is 5.61. The molecule has 0 spiro atoms. The molecule has 0 aliphatic carbocycles. The molecule has 0 amide bonds. The zero-order valence-electron chi connectivity index (χ0n) is 9.94. The molecule has 92 valence electrons. The monoisotopic (exact) mass is 277 g/mol. The molecule has 3 rings (SSSR count). The second-order valence-electron chi connectivity index (χ2n) is 3.72. The maximum absolute atomic E-state index is 5.77. The Morgan fingerprint density at radius 3 is 1.94 bits per heavy atom. The minimum absolute atomic E-state index is 0. The van der Waals surface area contributed by atoms with Gasteiger partial charge in [-0.2, -0.15) is 18.2 Å². The van der Waals surface area contributed by atoms with Gasteiger partial charge in [0.05, 0.1) is 0 Å². The smallest absolute Gasteiger partial charge is 0.411 e. The van der Waals surface area contributed by atoms with E-state index < -0.39 is 0 Å². The Morgan fingerprint density at radius 1 is 0.833 bits per heavy atom. The van der Waals surface area contributed by atoms with Crippen molar-refractivity contribution in [1.82, 2.24) is 0 Å². The predicted octanol–water partition coefficient (Wildman–Crippen LogP) is 4.06. The van der Waals surface area contributed by atoms with E-state index in [1.807, 2.05) is 66.7 Å². The standard InChI is InChI=1S/C11H10N.C5H5.Fe/c12-11-8-4-7-10(11)9-5-2-1-3-6-9;1-2-4-5-3-1;/h1-8H,12H2;1-5H;/q2*-1;+2. The van der Waals surface area contributed by atoms with Crippen molar-refractivity contribution in [1.29, 1.82) is 0 Å². The van der Waals surface area contributed by atoms with Gasteiger partial charge in [-0.05, 0) is 5.69 Å². The summed E-state index contributed by atoms with van der Waals surface area (Å²) >= 11 is 0. The van der Waals surface area contributed by atoms with Crippen molar-refractivity contribution in [3.05, 3.63) is 78.9 Å². The van der Waals surface area contributed by atoms with Gasteiger partial charge in [-0.3, -0.25) is 0 Å². The van der Waals surface area contributed by atoms with Gasteiger partial charge in [0.15, 0.2) is 0 Å². The van der Waals surface area contributed by atoms with E-state index in [9.17, 15) is 0 Å². The van der Waals surface area contributed by atoms with Crippen molar-refractivity contribution < 1.29 is 17.1 Å². The zero-order valence-corrected chi connectivity index (χ0v) is 11.0. The molecule has 3 aromatic carbocycles. The van der Waals surface area contributed by atoms with Gasteiger partial charge in [-0.15, -0.1) is 35.9 Å². The van der Waals surface area contributed by atoms with Crippen LogP contribution in [0.1, 0.15) is 0 Å². The van der Waals surface area contributed by atoms with Crippen LogP contribution >= 0.6 is 0 Å². The van der Waals surface area contributed by atoms with Crippen molar-refractivity contribution in [2.75, 3.05) is 5.73 Å². The van der Waals surface area contributed by atoms with Crippen molar-refractivity contribution in [3.63, 3.8) is 0 Å². The fraction of sp³-hybridized carbons (Fsp3) is 0. The summed E-state index contributed by atoms with van der Waals surface area (Å²) in [6.45, 7) is 0. The minimum Gasteiger partial charge on any atom is -0.411 e. The Balaban J connectivity index is 0.000000230. The van der Waals surface area contributed by atoms with Crippen molar-refractivity contribution in [2.45, 2.75) is 0 Å². The number of benzene rings is 1. The van der Waals surface area contributed by atoms with Gasteiger partial charge in [0, 0.05) is 0 Å². The van der Waals surface area contributed by atoms with Gasteiger partial charge in [0.2, 0.25) is 0 Å². The van der Waals surface area contributed by atoms with Crippen LogP contribution in [0.5, 0.6) is 0 Å². The summed E-state index contributed by atoms with van der Waals surface area (Å²) in [7, 11) is 0. The van der Waals surface area contributed by atoms with E-state index in [1.165, 1.54) is 5.56 Å². The van der Waals surface area contributed by atoms with Crippen LogP contribution in [-0.4, -0.2) is 0 Å². The van der Waals surface area contributed by atoms with Crippen LogP contribution in [0.3, 0.4) is 0 Å². The predicted molar refractivity (Wildman–Crippen MR) is 73.9 cm³/mol. The number of rotatable bonds is 1. The summed E-state index contributed by atoms with van der Waals surface area (Å²) in [5.74, 6) is 0. The fourth-order valence-corrected chi connectivity index (χ4v) is 1.64. The van der Waals surface area contributed by atoms with Crippen LogP contribution < -0.4 is 5.73 Å². The summed E-state index contributed by atoms with van der Waals surface area (Å²) in [5.41, 5.74) is 8.92. The van der Waals surface area contributed by atoms with Crippen LogP contribution in [0.25, 0.3) is 11.1 Å². The molecule has 3 aromatic rings.